The number of aryl methyl sites for hydroxylation is 2. The van der Waals surface area contributed by atoms with Crippen molar-refractivity contribution in [1.29, 1.82) is 0 Å². The minimum absolute atomic E-state index is 0.890. The highest BCUT2D eigenvalue weighted by Gasteiger charge is 2.03. The van der Waals surface area contributed by atoms with Gasteiger partial charge in [0.15, 0.2) is 6.29 Å². The Labute approximate surface area is 77.4 Å². The normalized spacial score (nSPS) is 10.2. The molecule has 1 heterocycles. The van der Waals surface area contributed by atoms with Crippen molar-refractivity contribution in [1.82, 2.24) is 0 Å². The first-order valence-electron chi connectivity index (χ1n) is 4.32. The molecule has 0 saturated carbocycles. The third kappa shape index (κ3) is 2.18. The van der Waals surface area contributed by atoms with Gasteiger partial charge >= 0.3 is 0 Å². The van der Waals surface area contributed by atoms with E-state index in [-0.39, 0.29) is 0 Å². The summed E-state index contributed by atoms with van der Waals surface area (Å²) < 4.78 is 0. The van der Waals surface area contributed by atoms with Gasteiger partial charge in [-0.15, -0.1) is 11.3 Å². The number of hydrogen-bond donors (Lipinski definition) is 0. The van der Waals surface area contributed by atoms with Gasteiger partial charge in [-0.05, 0) is 31.4 Å². The monoisotopic (exact) mass is 182 g/mol. The predicted molar refractivity (Wildman–Crippen MR) is 53.1 cm³/mol. The second-order valence-electron chi connectivity index (χ2n) is 2.98. The molecule has 0 N–H and O–H groups in total. The fourth-order valence-corrected chi connectivity index (χ4v) is 2.19. The van der Waals surface area contributed by atoms with Gasteiger partial charge in [0.1, 0.15) is 0 Å². The Hall–Kier alpha value is -0.630. The van der Waals surface area contributed by atoms with Crippen LogP contribution in [0.25, 0.3) is 0 Å². The van der Waals surface area contributed by atoms with Crippen molar-refractivity contribution in [2.45, 2.75) is 33.1 Å². The van der Waals surface area contributed by atoms with Gasteiger partial charge in [0.25, 0.3) is 0 Å². The zero-order valence-electron chi connectivity index (χ0n) is 7.59. The van der Waals surface area contributed by atoms with Crippen LogP contribution in [0.3, 0.4) is 0 Å². The maximum Gasteiger partial charge on any atom is 0.160 e. The van der Waals surface area contributed by atoms with Crippen LogP contribution in [0.4, 0.5) is 0 Å². The Kier molecular flexibility index (Phi) is 3.48. The summed E-state index contributed by atoms with van der Waals surface area (Å²) in [5.74, 6) is 0. The first kappa shape index (κ1) is 9.46. The third-order valence-corrected chi connectivity index (χ3v) is 3.11. The topological polar surface area (TPSA) is 17.1 Å². The van der Waals surface area contributed by atoms with Crippen molar-refractivity contribution in [3.8, 4) is 0 Å². The van der Waals surface area contributed by atoms with E-state index in [1.807, 2.05) is 6.92 Å². The van der Waals surface area contributed by atoms with Crippen LogP contribution in [0.5, 0.6) is 0 Å². The molecule has 0 amide bonds. The molecule has 0 saturated heterocycles. The Morgan fingerprint density at radius 1 is 1.58 bits per heavy atom. The number of rotatable bonds is 4. The lowest BCUT2D eigenvalue weighted by molar-refractivity contribution is 0.112. The van der Waals surface area contributed by atoms with E-state index in [0.29, 0.717) is 0 Å². The molecule has 2 heteroatoms. The second-order valence-corrected chi connectivity index (χ2v) is 4.15. The Morgan fingerprint density at radius 2 is 2.33 bits per heavy atom. The lowest BCUT2D eigenvalue weighted by Gasteiger charge is -1.91. The minimum Gasteiger partial charge on any atom is -0.297 e. The molecule has 0 aliphatic carbocycles. The SMILES string of the molecule is CCCCc1cc(C)c(C=O)s1. The molecule has 0 spiro atoms. The summed E-state index contributed by atoms with van der Waals surface area (Å²) in [6.07, 6.45) is 4.51. The Morgan fingerprint density at radius 3 is 2.83 bits per heavy atom. The summed E-state index contributed by atoms with van der Waals surface area (Å²) in [6.45, 7) is 4.18. The first-order chi connectivity index (χ1) is 5.77. The number of unbranched alkanes of at least 4 members (excludes halogenated alkanes) is 1. The van der Waals surface area contributed by atoms with Crippen LogP contribution in [0.2, 0.25) is 0 Å². The van der Waals surface area contributed by atoms with Crippen molar-refractivity contribution in [2.24, 2.45) is 0 Å². The number of aldehydes is 1. The average molecular weight is 182 g/mol. The molecule has 0 aliphatic rings. The third-order valence-electron chi connectivity index (χ3n) is 1.89. The second kappa shape index (κ2) is 4.41. The standard InChI is InChI=1S/C10H14OS/c1-3-4-5-9-6-8(2)10(7-11)12-9/h6-7H,3-5H2,1-2H3. The molecule has 1 aromatic rings. The fraction of sp³-hybridized carbons (Fsp3) is 0.500. The number of thiophene rings is 1. The lowest BCUT2D eigenvalue weighted by atomic mass is 10.2. The fourth-order valence-electron chi connectivity index (χ4n) is 1.16. The van der Waals surface area contributed by atoms with Crippen LogP contribution in [0.1, 0.15) is 39.9 Å². The van der Waals surface area contributed by atoms with Crippen LogP contribution < -0.4 is 0 Å². The molecule has 0 bridgehead atoms. The van der Waals surface area contributed by atoms with Crippen molar-refractivity contribution >= 4 is 17.6 Å². The highest BCUT2D eigenvalue weighted by Crippen LogP contribution is 2.21. The molecule has 0 aliphatic heterocycles. The number of carbonyl (C=O) groups is 1. The average Bonchev–Trinajstić information content (AvgIpc) is 2.43. The van der Waals surface area contributed by atoms with E-state index in [4.69, 9.17) is 0 Å². The molecule has 0 fully saturated rings. The van der Waals surface area contributed by atoms with E-state index in [1.54, 1.807) is 11.3 Å². The number of hydrogen-bond acceptors (Lipinski definition) is 2. The summed E-state index contributed by atoms with van der Waals surface area (Å²) in [5, 5.41) is 0. The maximum absolute atomic E-state index is 10.5. The molecule has 0 radical (unpaired) electrons. The van der Waals surface area contributed by atoms with E-state index in [1.165, 1.54) is 17.7 Å². The summed E-state index contributed by atoms with van der Waals surface area (Å²) in [4.78, 5) is 12.8. The molecule has 0 atom stereocenters. The highest BCUT2D eigenvalue weighted by atomic mass is 32.1. The molecule has 0 unspecified atom stereocenters. The molecule has 1 aromatic heterocycles. The van der Waals surface area contributed by atoms with E-state index < -0.39 is 0 Å². The quantitative estimate of drug-likeness (QED) is 0.653. The van der Waals surface area contributed by atoms with Gasteiger partial charge in [-0.3, -0.25) is 4.79 Å². The van der Waals surface area contributed by atoms with Crippen LogP contribution in [-0.2, 0) is 6.42 Å². The predicted octanol–water partition coefficient (Wildman–Crippen LogP) is 3.21. The van der Waals surface area contributed by atoms with Crippen molar-refractivity contribution in [3.63, 3.8) is 0 Å². The minimum atomic E-state index is 0.890. The van der Waals surface area contributed by atoms with E-state index >= 15 is 0 Å². The summed E-state index contributed by atoms with van der Waals surface area (Å²) in [5.41, 5.74) is 1.13. The van der Waals surface area contributed by atoms with Crippen LogP contribution in [-0.4, -0.2) is 6.29 Å². The van der Waals surface area contributed by atoms with Gasteiger partial charge in [-0.1, -0.05) is 13.3 Å². The lowest BCUT2D eigenvalue weighted by Crippen LogP contribution is -1.76. The Bertz CT molecular complexity index is 263. The summed E-state index contributed by atoms with van der Waals surface area (Å²) >= 11 is 1.63. The highest BCUT2D eigenvalue weighted by molar-refractivity contribution is 7.13. The summed E-state index contributed by atoms with van der Waals surface area (Å²) in [7, 11) is 0. The van der Waals surface area contributed by atoms with Crippen molar-refractivity contribution in [3.05, 3.63) is 21.4 Å². The molecule has 12 heavy (non-hydrogen) atoms. The molecule has 1 rings (SSSR count). The van der Waals surface area contributed by atoms with Gasteiger partial charge < -0.3 is 0 Å². The smallest absolute Gasteiger partial charge is 0.160 e. The van der Waals surface area contributed by atoms with Gasteiger partial charge in [0.05, 0.1) is 4.88 Å². The van der Waals surface area contributed by atoms with E-state index in [0.717, 1.165) is 23.1 Å². The molecule has 1 nitrogen and oxygen atoms in total. The van der Waals surface area contributed by atoms with Gasteiger partial charge in [-0.25, -0.2) is 0 Å². The van der Waals surface area contributed by atoms with Crippen LogP contribution in [0.15, 0.2) is 6.07 Å². The van der Waals surface area contributed by atoms with E-state index in [9.17, 15) is 4.79 Å². The molecular formula is C10H14OS. The zero-order valence-corrected chi connectivity index (χ0v) is 8.41. The molecule has 0 aromatic carbocycles. The van der Waals surface area contributed by atoms with Crippen molar-refractivity contribution < 1.29 is 4.79 Å². The molecule has 66 valence electrons. The van der Waals surface area contributed by atoms with Crippen LogP contribution >= 0.6 is 11.3 Å². The van der Waals surface area contributed by atoms with Crippen molar-refractivity contribution in [2.75, 3.05) is 0 Å². The largest absolute Gasteiger partial charge is 0.297 e. The van der Waals surface area contributed by atoms with E-state index in [2.05, 4.69) is 13.0 Å². The van der Waals surface area contributed by atoms with Gasteiger partial charge in [-0.2, -0.15) is 0 Å². The summed E-state index contributed by atoms with van der Waals surface area (Å²) in [6, 6.07) is 2.13. The van der Waals surface area contributed by atoms with Gasteiger partial charge in [0.2, 0.25) is 0 Å². The molecular weight excluding hydrogens is 168 g/mol. The Balaban J connectivity index is 2.68. The van der Waals surface area contributed by atoms with Crippen LogP contribution in [0, 0.1) is 6.92 Å². The maximum atomic E-state index is 10.5. The zero-order chi connectivity index (χ0) is 8.97. The number of carbonyl (C=O) groups excluding carboxylic acids is 1. The first-order valence-corrected chi connectivity index (χ1v) is 5.14. The van der Waals surface area contributed by atoms with Gasteiger partial charge in [0, 0.05) is 4.88 Å².